The minimum Gasteiger partial charge on any atom is -0.494 e. The van der Waals surface area contributed by atoms with E-state index in [4.69, 9.17) is 14.7 Å². The zero-order valence-corrected chi connectivity index (χ0v) is 27.4. The molecule has 7 heteroatoms. The molecule has 0 spiro atoms. The van der Waals surface area contributed by atoms with Gasteiger partial charge in [0.05, 0.1) is 52.2 Å². The van der Waals surface area contributed by atoms with Gasteiger partial charge in [0.25, 0.3) is 0 Å². The molecule has 6 aromatic heterocycles. The van der Waals surface area contributed by atoms with Crippen LogP contribution in [0.3, 0.4) is 0 Å². The van der Waals surface area contributed by atoms with Crippen LogP contribution in [0.15, 0.2) is 140 Å². The highest BCUT2D eigenvalue weighted by Crippen LogP contribution is 2.37. The number of pyridine rings is 6. The molecule has 7 aromatic rings. The van der Waals surface area contributed by atoms with Crippen LogP contribution >= 0.6 is 0 Å². The quantitative estimate of drug-likeness (QED) is 0.123. The molecule has 0 amide bonds. The number of rotatable bonds is 12. The lowest BCUT2D eigenvalue weighted by molar-refractivity contribution is 0.305. The first-order valence-corrected chi connectivity index (χ1v) is 16.7. The van der Waals surface area contributed by atoms with E-state index in [1.807, 2.05) is 72.8 Å². The first-order chi connectivity index (χ1) is 24.2. The molecule has 0 aliphatic heterocycles. The smallest absolute Gasteiger partial charge is 0.120 e. The predicted molar refractivity (Wildman–Crippen MR) is 195 cm³/mol. The van der Waals surface area contributed by atoms with Crippen LogP contribution in [-0.2, 0) is 0 Å². The minimum absolute atomic E-state index is 0.645. The van der Waals surface area contributed by atoms with E-state index in [0.717, 1.165) is 86.4 Å². The second kappa shape index (κ2) is 15.2. The number of aromatic nitrogens is 6. The number of hydrogen-bond donors (Lipinski definition) is 0. The zero-order chi connectivity index (χ0) is 33.3. The highest BCUT2D eigenvalue weighted by atomic mass is 16.5. The highest BCUT2D eigenvalue weighted by molar-refractivity contribution is 5.82. The Bertz CT molecular complexity index is 1860. The van der Waals surface area contributed by atoms with Crippen molar-refractivity contribution in [1.29, 1.82) is 0 Å². The van der Waals surface area contributed by atoms with Crippen LogP contribution in [0.25, 0.3) is 67.8 Å². The van der Waals surface area contributed by atoms with Gasteiger partial charge in [-0.2, -0.15) is 0 Å². The fourth-order valence-electron chi connectivity index (χ4n) is 5.71. The first kappa shape index (κ1) is 31.5. The van der Waals surface area contributed by atoms with E-state index in [2.05, 4.69) is 69.3 Å². The minimum atomic E-state index is 0.645. The van der Waals surface area contributed by atoms with Gasteiger partial charge < -0.3 is 4.74 Å². The Morgan fingerprint density at radius 2 is 0.796 bits per heavy atom. The first-order valence-electron chi connectivity index (χ1n) is 16.7. The third-order valence-electron chi connectivity index (χ3n) is 8.20. The molecule has 0 radical (unpaired) electrons. The van der Waals surface area contributed by atoms with E-state index in [0.29, 0.717) is 6.61 Å². The zero-order valence-electron chi connectivity index (χ0n) is 27.4. The Morgan fingerprint density at radius 1 is 0.408 bits per heavy atom. The van der Waals surface area contributed by atoms with Crippen LogP contribution in [0, 0.1) is 0 Å². The van der Waals surface area contributed by atoms with Gasteiger partial charge in [0.1, 0.15) is 5.75 Å². The second-order valence-electron chi connectivity index (χ2n) is 11.8. The number of benzene rings is 1. The summed E-state index contributed by atoms with van der Waals surface area (Å²) >= 11 is 0. The molecule has 0 unspecified atom stereocenters. The molecular formula is C42H36N6O. The van der Waals surface area contributed by atoms with Crippen molar-refractivity contribution in [1.82, 2.24) is 29.9 Å². The average molecular weight is 641 g/mol. The van der Waals surface area contributed by atoms with Crippen molar-refractivity contribution in [3.63, 3.8) is 0 Å². The summed E-state index contributed by atoms with van der Waals surface area (Å²) in [5, 5.41) is 0. The van der Waals surface area contributed by atoms with Crippen molar-refractivity contribution in [2.45, 2.75) is 32.6 Å². The molecular weight excluding hydrogens is 605 g/mol. The number of hydrogen-bond acceptors (Lipinski definition) is 7. The number of unbranched alkanes of at least 4 members (excludes halogenated alkanes) is 3. The van der Waals surface area contributed by atoms with Gasteiger partial charge in [-0.1, -0.05) is 50.5 Å². The molecule has 0 N–H and O–H groups in total. The van der Waals surface area contributed by atoms with Crippen molar-refractivity contribution in [2.75, 3.05) is 6.61 Å². The maximum atomic E-state index is 6.46. The van der Waals surface area contributed by atoms with Crippen LogP contribution in [0.2, 0.25) is 0 Å². The van der Waals surface area contributed by atoms with Gasteiger partial charge in [-0.25, -0.2) is 9.97 Å². The summed E-state index contributed by atoms with van der Waals surface area (Å²) in [5.41, 5.74) is 10.2. The molecule has 0 saturated heterocycles. The lowest BCUT2D eigenvalue weighted by Crippen LogP contribution is -1.99. The molecule has 6 heterocycles. The van der Waals surface area contributed by atoms with E-state index < -0.39 is 0 Å². The fourth-order valence-corrected chi connectivity index (χ4v) is 5.71. The molecule has 0 bridgehead atoms. The van der Waals surface area contributed by atoms with E-state index >= 15 is 0 Å². The van der Waals surface area contributed by atoms with Crippen molar-refractivity contribution in [3.05, 3.63) is 140 Å². The fraction of sp³-hybridized carbons (Fsp3) is 0.143. The van der Waals surface area contributed by atoms with E-state index in [9.17, 15) is 0 Å². The van der Waals surface area contributed by atoms with Crippen LogP contribution in [0.4, 0.5) is 0 Å². The SMILES string of the molecule is CCCCCCOc1cc(-c2cc(-c3ccccn3)nc(-c3ccccn3)c2)cc(-c2cc(-c3ccccn3)nc(-c3ccccn3)c2)c1. The standard InChI is InChI=1S/C42H36N6O/c1-2-3-4-13-22-49-34-24-30(32-26-39(35-14-5-9-18-43-35)47-40(27-32)36-15-6-10-19-44-36)23-31(25-34)33-28-41(37-16-7-11-20-45-37)48-42(29-33)38-17-8-12-21-46-38/h5-12,14-21,23-29H,2-4,13,22H2,1H3. The molecule has 0 fully saturated rings. The van der Waals surface area contributed by atoms with Gasteiger partial charge in [-0.3, -0.25) is 19.9 Å². The largest absolute Gasteiger partial charge is 0.494 e. The maximum Gasteiger partial charge on any atom is 0.120 e. The lowest BCUT2D eigenvalue weighted by Gasteiger charge is -2.15. The summed E-state index contributed by atoms with van der Waals surface area (Å²) in [6.45, 7) is 2.86. The third-order valence-corrected chi connectivity index (χ3v) is 8.20. The Kier molecular flexibility index (Phi) is 9.79. The van der Waals surface area contributed by atoms with Gasteiger partial charge in [0.15, 0.2) is 0 Å². The molecule has 0 saturated carbocycles. The van der Waals surface area contributed by atoms with Gasteiger partial charge in [0.2, 0.25) is 0 Å². The lowest BCUT2D eigenvalue weighted by atomic mass is 9.96. The van der Waals surface area contributed by atoms with Crippen molar-refractivity contribution in [2.24, 2.45) is 0 Å². The maximum absolute atomic E-state index is 6.46. The molecule has 7 rings (SSSR count). The summed E-state index contributed by atoms with van der Waals surface area (Å²) < 4.78 is 6.46. The van der Waals surface area contributed by atoms with Crippen LogP contribution < -0.4 is 4.74 Å². The van der Waals surface area contributed by atoms with Crippen LogP contribution in [0.1, 0.15) is 32.6 Å². The summed E-state index contributed by atoms with van der Waals surface area (Å²) in [7, 11) is 0. The monoisotopic (exact) mass is 640 g/mol. The van der Waals surface area contributed by atoms with Crippen LogP contribution in [0.5, 0.6) is 5.75 Å². The Hall–Kier alpha value is -6.08. The molecule has 0 aliphatic rings. The van der Waals surface area contributed by atoms with E-state index in [1.165, 1.54) is 12.8 Å². The summed E-state index contributed by atoms with van der Waals surface area (Å²) in [6.07, 6.45) is 11.7. The van der Waals surface area contributed by atoms with Crippen LogP contribution in [-0.4, -0.2) is 36.5 Å². The summed E-state index contributed by atoms with van der Waals surface area (Å²) in [6, 6.07) is 38.2. The molecule has 7 nitrogen and oxygen atoms in total. The normalized spacial score (nSPS) is 11.0. The van der Waals surface area contributed by atoms with E-state index in [-0.39, 0.29) is 0 Å². The summed E-state index contributed by atoms with van der Waals surface area (Å²) in [5.74, 6) is 0.801. The topological polar surface area (TPSA) is 86.6 Å². The average Bonchev–Trinajstić information content (AvgIpc) is 3.18. The summed E-state index contributed by atoms with van der Waals surface area (Å²) in [4.78, 5) is 28.5. The van der Waals surface area contributed by atoms with Gasteiger partial charge in [0, 0.05) is 24.8 Å². The predicted octanol–water partition coefficient (Wildman–Crippen LogP) is 10.0. The Labute approximate surface area is 286 Å². The molecule has 0 aliphatic carbocycles. The molecule has 1 aromatic carbocycles. The van der Waals surface area contributed by atoms with Crippen molar-refractivity contribution >= 4 is 0 Å². The van der Waals surface area contributed by atoms with Gasteiger partial charge in [-0.15, -0.1) is 0 Å². The Balaban J connectivity index is 1.39. The number of nitrogens with zero attached hydrogens (tertiary/aromatic N) is 6. The van der Waals surface area contributed by atoms with Crippen molar-refractivity contribution in [3.8, 4) is 73.6 Å². The third kappa shape index (κ3) is 7.74. The van der Waals surface area contributed by atoms with Crippen molar-refractivity contribution < 1.29 is 4.74 Å². The van der Waals surface area contributed by atoms with Gasteiger partial charge in [-0.05, 0) is 120 Å². The number of ether oxygens (including phenoxy) is 1. The second-order valence-corrected chi connectivity index (χ2v) is 11.8. The molecule has 49 heavy (non-hydrogen) atoms. The molecule has 240 valence electrons. The Morgan fingerprint density at radius 3 is 1.14 bits per heavy atom. The van der Waals surface area contributed by atoms with E-state index in [1.54, 1.807) is 24.8 Å². The highest BCUT2D eigenvalue weighted by Gasteiger charge is 2.15. The van der Waals surface area contributed by atoms with Gasteiger partial charge >= 0.3 is 0 Å². The molecule has 0 atom stereocenters.